The van der Waals surface area contributed by atoms with Crippen LogP contribution in [0.3, 0.4) is 0 Å². The molecule has 9 nitrogen and oxygen atoms in total. The van der Waals surface area contributed by atoms with E-state index in [4.69, 9.17) is 4.52 Å². The first kappa shape index (κ1) is 20.2. The number of rotatable bonds is 3. The van der Waals surface area contributed by atoms with Gasteiger partial charge < -0.3 is 14.5 Å². The number of hydrogen-bond acceptors (Lipinski definition) is 8. The van der Waals surface area contributed by atoms with Crippen LogP contribution in [0.1, 0.15) is 30.5 Å². The van der Waals surface area contributed by atoms with Gasteiger partial charge in [-0.05, 0) is 37.1 Å². The van der Waals surface area contributed by atoms with Crippen LogP contribution in [0.25, 0.3) is 17.0 Å². The monoisotopic (exact) mass is 449 g/mol. The van der Waals surface area contributed by atoms with E-state index in [2.05, 4.69) is 25.4 Å². The van der Waals surface area contributed by atoms with Crippen molar-refractivity contribution in [3.05, 3.63) is 47.9 Å². The Kier molecular flexibility index (Phi) is 4.68. The van der Waals surface area contributed by atoms with Crippen molar-refractivity contribution < 1.29 is 27.2 Å². The fourth-order valence-corrected chi connectivity index (χ4v) is 3.68. The summed E-state index contributed by atoms with van der Waals surface area (Å²) < 4.78 is 59.3. The Morgan fingerprint density at radius 2 is 1.84 bits per heavy atom. The second-order valence-electron chi connectivity index (χ2n) is 7.36. The summed E-state index contributed by atoms with van der Waals surface area (Å²) in [5.74, 6) is -1.32. The number of phenolic OH excluding ortho intramolecular Hbond substituents is 1. The molecule has 0 amide bonds. The predicted molar refractivity (Wildman–Crippen MR) is 101 cm³/mol. The molecule has 0 radical (unpaired) electrons. The molecular formula is C19H15F4N7O2. The van der Waals surface area contributed by atoms with Crippen LogP contribution in [0.4, 0.5) is 23.4 Å². The van der Waals surface area contributed by atoms with Gasteiger partial charge in [0.15, 0.2) is 5.65 Å². The lowest BCUT2D eigenvalue weighted by atomic mass is 9.97. The van der Waals surface area contributed by atoms with E-state index in [1.165, 1.54) is 18.2 Å². The molecule has 13 heteroatoms. The van der Waals surface area contributed by atoms with Crippen molar-refractivity contribution in [3.8, 4) is 17.1 Å². The van der Waals surface area contributed by atoms with Gasteiger partial charge in [-0.1, -0.05) is 5.16 Å². The zero-order chi connectivity index (χ0) is 22.5. The maximum atomic E-state index is 14.0. The van der Waals surface area contributed by atoms with Gasteiger partial charge in [0.05, 0.1) is 5.56 Å². The molecule has 3 aromatic heterocycles. The highest BCUT2D eigenvalue weighted by Crippen LogP contribution is 2.32. The molecule has 0 unspecified atom stereocenters. The number of nitrogens with zero attached hydrogens (tertiary/aromatic N) is 7. The predicted octanol–water partition coefficient (Wildman–Crippen LogP) is 3.42. The number of anilines is 1. The lowest BCUT2D eigenvalue weighted by Gasteiger charge is -2.31. The van der Waals surface area contributed by atoms with Crippen LogP contribution in [0.5, 0.6) is 5.75 Å². The molecule has 4 heterocycles. The molecule has 1 fully saturated rings. The topological polar surface area (TPSA) is 105 Å². The van der Waals surface area contributed by atoms with Gasteiger partial charge in [0.2, 0.25) is 11.7 Å². The van der Waals surface area contributed by atoms with Crippen LogP contribution in [0.15, 0.2) is 34.9 Å². The quantitative estimate of drug-likeness (QED) is 0.475. The van der Waals surface area contributed by atoms with Gasteiger partial charge in [0.1, 0.15) is 17.4 Å². The van der Waals surface area contributed by atoms with Crippen LogP contribution in [0.2, 0.25) is 0 Å². The lowest BCUT2D eigenvalue weighted by molar-refractivity contribution is -0.146. The van der Waals surface area contributed by atoms with Crippen molar-refractivity contribution in [2.75, 3.05) is 18.0 Å². The summed E-state index contributed by atoms with van der Waals surface area (Å²) in [4.78, 5) is 6.14. The number of aromatic hydroxyl groups is 1. The molecule has 4 aromatic rings. The Morgan fingerprint density at radius 1 is 1.06 bits per heavy atom. The van der Waals surface area contributed by atoms with Crippen LogP contribution < -0.4 is 4.90 Å². The molecule has 0 bridgehead atoms. The molecule has 0 atom stereocenters. The molecule has 1 aromatic carbocycles. The number of alkyl halides is 3. The van der Waals surface area contributed by atoms with E-state index in [1.54, 1.807) is 6.07 Å². The summed E-state index contributed by atoms with van der Waals surface area (Å²) in [6, 6.07) is 6.70. The van der Waals surface area contributed by atoms with E-state index in [1.807, 2.05) is 4.90 Å². The van der Waals surface area contributed by atoms with Crippen molar-refractivity contribution >= 4 is 11.5 Å². The Morgan fingerprint density at radius 3 is 2.56 bits per heavy atom. The molecule has 32 heavy (non-hydrogen) atoms. The zero-order valence-corrected chi connectivity index (χ0v) is 16.3. The number of benzene rings is 1. The molecule has 5 rings (SSSR count). The number of piperidine rings is 1. The van der Waals surface area contributed by atoms with Crippen molar-refractivity contribution in [3.63, 3.8) is 0 Å². The third-order valence-electron chi connectivity index (χ3n) is 5.31. The minimum atomic E-state index is -4.66. The summed E-state index contributed by atoms with van der Waals surface area (Å²) in [7, 11) is 0. The summed E-state index contributed by atoms with van der Waals surface area (Å²) >= 11 is 0. The molecule has 1 aliphatic rings. The molecule has 1 saturated heterocycles. The van der Waals surface area contributed by atoms with Gasteiger partial charge in [-0.15, -0.1) is 15.3 Å². The van der Waals surface area contributed by atoms with E-state index >= 15 is 0 Å². The Hall–Kier alpha value is -3.77. The van der Waals surface area contributed by atoms with Crippen LogP contribution >= 0.6 is 0 Å². The van der Waals surface area contributed by atoms with Gasteiger partial charge in [-0.3, -0.25) is 0 Å². The summed E-state index contributed by atoms with van der Waals surface area (Å²) in [6.45, 7) is 0.996. The third-order valence-corrected chi connectivity index (χ3v) is 5.31. The highest BCUT2D eigenvalue weighted by atomic mass is 19.4. The molecule has 0 spiro atoms. The normalized spacial score (nSPS) is 15.6. The molecular weight excluding hydrogens is 434 g/mol. The largest absolute Gasteiger partial charge is 0.508 e. The van der Waals surface area contributed by atoms with Gasteiger partial charge in [0.25, 0.3) is 5.82 Å². The highest BCUT2D eigenvalue weighted by Gasteiger charge is 2.38. The van der Waals surface area contributed by atoms with E-state index < -0.39 is 17.8 Å². The minimum Gasteiger partial charge on any atom is -0.508 e. The van der Waals surface area contributed by atoms with Crippen LogP contribution in [-0.4, -0.2) is 48.1 Å². The van der Waals surface area contributed by atoms with Gasteiger partial charge in [-0.2, -0.15) is 22.7 Å². The smallest absolute Gasteiger partial charge is 0.453 e. The number of hydrogen-bond donors (Lipinski definition) is 1. The standard InChI is InChI=1S/C19H15F4N7O2/c20-13-9-11(31)1-2-12(13)16-24-17(32-28-16)10-5-7-29(8-6-10)15-4-3-14-25-26-18(19(21,22)23)30(14)27-15/h1-4,9-10,31H,5-8H2. The Labute approximate surface area is 177 Å². The first-order valence-electron chi connectivity index (χ1n) is 9.67. The summed E-state index contributed by atoms with van der Waals surface area (Å²) in [6.07, 6.45) is -3.48. The number of phenols is 1. The average molecular weight is 449 g/mol. The zero-order valence-electron chi connectivity index (χ0n) is 16.3. The average Bonchev–Trinajstić information content (AvgIpc) is 3.40. The second-order valence-corrected chi connectivity index (χ2v) is 7.36. The van der Waals surface area contributed by atoms with Crippen molar-refractivity contribution in [2.24, 2.45) is 0 Å². The van der Waals surface area contributed by atoms with Gasteiger partial charge >= 0.3 is 6.18 Å². The van der Waals surface area contributed by atoms with Crippen LogP contribution in [0, 0.1) is 5.82 Å². The summed E-state index contributed by atoms with van der Waals surface area (Å²) in [5, 5.41) is 23.9. The first-order valence-corrected chi connectivity index (χ1v) is 9.67. The van der Waals surface area contributed by atoms with E-state index in [0.717, 1.165) is 6.07 Å². The van der Waals surface area contributed by atoms with Crippen molar-refractivity contribution in [1.29, 1.82) is 0 Å². The fourth-order valence-electron chi connectivity index (χ4n) is 3.68. The van der Waals surface area contributed by atoms with Crippen molar-refractivity contribution in [1.82, 2.24) is 30.0 Å². The Balaban J connectivity index is 1.31. The summed E-state index contributed by atoms with van der Waals surface area (Å²) in [5.41, 5.74) is 0.123. The van der Waals surface area contributed by atoms with E-state index in [-0.39, 0.29) is 28.7 Å². The molecule has 1 N–H and O–H groups in total. The van der Waals surface area contributed by atoms with E-state index in [0.29, 0.717) is 42.2 Å². The molecule has 166 valence electrons. The first-order chi connectivity index (χ1) is 15.3. The third kappa shape index (κ3) is 3.59. The number of halogens is 4. The fraction of sp³-hybridized carbons (Fsp3) is 0.316. The van der Waals surface area contributed by atoms with Gasteiger partial charge in [-0.25, -0.2) is 4.39 Å². The lowest BCUT2D eigenvalue weighted by Crippen LogP contribution is -2.34. The minimum absolute atomic E-state index is 0.0100. The SMILES string of the molecule is Oc1ccc(-c2noc(C3CCN(c4ccc5nnc(C(F)(F)F)n5n4)CC3)n2)c(F)c1. The number of fused-ring (bicyclic) bond motifs is 1. The van der Waals surface area contributed by atoms with Gasteiger partial charge in [0, 0.05) is 25.1 Å². The van der Waals surface area contributed by atoms with Crippen molar-refractivity contribution in [2.45, 2.75) is 24.9 Å². The molecule has 1 aliphatic heterocycles. The molecule has 0 aliphatic carbocycles. The maximum Gasteiger partial charge on any atom is 0.453 e. The second kappa shape index (κ2) is 7.43. The Bertz CT molecular complexity index is 1280. The maximum absolute atomic E-state index is 14.0. The molecule has 0 saturated carbocycles. The van der Waals surface area contributed by atoms with E-state index in [9.17, 15) is 22.7 Å². The number of aromatic nitrogens is 6. The highest BCUT2D eigenvalue weighted by molar-refractivity contribution is 5.56. The van der Waals surface area contributed by atoms with Crippen LogP contribution in [-0.2, 0) is 6.18 Å².